The summed E-state index contributed by atoms with van der Waals surface area (Å²) in [5.74, 6) is -2.89. The molecule has 2 aliphatic heterocycles. The first-order chi connectivity index (χ1) is 30.2. The van der Waals surface area contributed by atoms with Crippen LogP contribution < -0.4 is 26.6 Å². The van der Waals surface area contributed by atoms with Crippen LogP contribution >= 0.6 is 0 Å². The van der Waals surface area contributed by atoms with Crippen molar-refractivity contribution in [3.8, 4) is 0 Å². The fraction of sp³-hybridized carbons (Fsp3) is 0.659. The average molecular weight is 930 g/mol. The molecular formula is C41H63N5O19. The molecule has 3 unspecified atom stereocenters. The number of carbonyl (C=O) groups is 14. The fourth-order valence-electron chi connectivity index (χ4n) is 4.86. The number of aldehydes is 2. The van der Waals surface area contributed by atoms with E-state index >= 15 is 0 Å². The Kier molecular flexibility index (Phi) is 28.8. The Morgan fingerprint density at radius 3 is 1.25 bits per heavy atom. The number of amides is 4. The minimum absolute atomic E-state index is 0.0351. The fourth-order valence-corrected chi connectivity index (χ4v) is 4.86. The molecule has 24 nitrogen and oxygen atoms in total. The predicted octanol–water partition coefficient (Wildman–Crippen LogP) is -4.72. The van der Waals surface area contributed by atoms with Crippen molar-refractivity contribution < 1.29 is 92.7 Å². The number of carbonyl (C=O) groups excluding carboxylic acids is 14. The molecule has 4 aliphatic carbocycles. The molecule has 6 fully saturated rings. The largest absolute Gasteiger partial charge is 0.386 e. The minimum atomic E-state index is -1.28. The van der Waals surface area contributed by atoms with Crippen molar-refractivity contribution in [2.45, 2.75) is 146 Å². The second kappa shape index (κ2) is 30.5. The minimum Gasteiger partial charge on any atom is -0.386 e. The van der Waals surface area contributed by atoms with Crippen LogP contribution in [-0.2, 0) is 67.1 Å². The summed E-state index contributed by atoms with van der Waals surface area (Å²) in [6.07, 6.45) is 6.81. The monoisotopic (exact) mass is 929 g/mol. The summed E-state index contributed by atoms with van der Waals surface area (Å²) in [6, 6.07) is 0. The zero-order valence-electron chi connectivity index (χ0n) is 37.2. The van der Waals surface area contributed by atoms with Crippen LogP contribution in [-0.4, -0.2) is 176 Å². The Morgan fingerprint density at radius 2 is 1.11 bits per heavy atom. The van der Waals surface area contributed by atoms with Crippen LogP contribution in [0.5, 0.6) is 0 Å². The van der Waals surface area contributed by atoms with Gasteiger partial charge in [-0.2, -0.15) is 0 Å². The molecule has 3 atom stereocenters. The summed E-state index contributed by atoms with van der Waals surface area (Å²) in [4.78, 5) is 142. The molecule has 0 radical (unpaired) electrons. The van der Waals surface area contributed by atoms with Crippen molar-refractivity contribution in [2.24, 2.45) is 0 Å². The van der Waals surface area contributed by atoms with Crippen molar-refractivity contribution in [2.75, 3.05) is 26.2 Å². The first-order valence-electron chi connectivity index (χ1n) is 20.4. The quantitative estimate of drug-likeness (QED) is 0.0578. The summed E-state index contributed by atoms with van der Waals surface area (Å²) in [6.45, 7) is 8.60. The summed E-state index contributed by atoms with van der Waals surface area (Å²) in [7, 11) is 0. The molecule has 4 amide bonds. The number of β-amino-alcohol motifs (C(OH)–C–C–N with tert-alkyl or cyclic N) is 2. The zero-order valence-corrected chi connectivity index (χ0v) is 37.2. The standard InChI is InChI=1S/C7H11NO2.C6H9NO2.C6H8O3.C5H9NO2.C5H6O3.C4H5NO3.C4H7NO2.C4H8O2/c1-6(10)7(8-5-9)3-2-4-7;1-5(9)6(2-3-6)7-4-8;7-4-5(8)6(9)2-1-3-6;7-4-1-2-6-3-5(4)8;6-3-4(7)5(8)1-2-5;6-2-1-5-4(8)3(2)7;1-4(7)2-5-3-6;1-3(5)4(2)6/h5H,2-4H2,1H3,(H,8,9);4H,2-3H2,1H3,(H,7,8);4,9H,1-3H2;5-6,8H,1-3H2;3,8H,1-2H2;2,6H,1H2,(H,5,8);3H,2H2,1H3,(H,5,6);3,5H,1-2H3. The van der Waals surface area contributed by atoms with Crippen LogP contribution in [0.1, 0.15) is 105 Å². The molecule has 4 saturated carbocycles. The van der Waals surface area contributed by atoms with Gasteiger partial charge in [0.1, 0.15) is 35.3 Å². The van der Waals surface area contributed by atoms with Gasteiger partial charge >= 0.3 is 0 Å². The maximum absolute atomic E-state index is 10.9. The number of hydrogen-bond acceptors (Lipinski definition) is 20. The Balaban J connectivity index is 0. The first kappa shape index (κ1) is 61.4. The van der Waals surface area contributed by atoms with Crippen LogP contribution in [0.4, 0.5) is 0 Å². The van der Waals surface area contributed by atoms with E-state index in [1.165, 1.54) is 34.6 Å². The number of ketones is 8. The third-order valence-corrected chi connectivity index (χ3v) is 10.3. The lowest BCUT2D eigenvalue weighted by molar-refractivity contribution is -0.150. The number of aliphatic hydroxyl groups excluding tert-OH is 3. The maximum Gasteiger partial charge on any atom is 0.290 e. The second-order valence-corrected chi connectivity index (χ2v) is 15.5. The van der Waals surface area contributed by atoms with E-state index < -0.39 is 63.8 Å². The number of aliphatic hydroxyl groups is 5. The van der Waals surface area contributed by atoms with Crippen molar-refractivity contribution in [3.63, 3.8) is 0 Å². The highest BCUT2D eigenvalue weighted by molar-refractivity contribution is 6.39. The van der Waals surface area contributed by atoms with Gasteiger partial charge in [0.25, 0.3) is 5.91 Å². The molecule has 0 aromatic heterocycles. The lowest BCUT2D eigenvalue weighted by Gasteiger charge is -2.38. The smallest absolute Gasteiger partial charge is 0.290 e. The summed E-state index contributed by atoms with van der Waals surface area (Å²) >= 11 is 0. The SMILES string of the molecule is CC(=O)C(C)O.CC(=O)C1(NC=O)CC1.CC(=O)C1(NC=O)CCC1.CC(=O)CNC=O.O=C1CCNCC1O.O=C1NCC(O)C1=O.O=CC(=O)C1(O)CC1.O=CC(=O)C1(O)CCC1. The van der Waals surface area contributed by atoms with E-state index in [1.807, 2.05) is 0 Å². The third-order valence-electron chi connectivity index (χ3n) is 10.3. The summed E-state index contributed by atoms with van der Waals surface area (Å²) in [5, 5.41) is 55.9. The van der Waals surface area contributed by atoms with Crippen LogP contribution in [0.25, 0.3) is 0 Å². The molecule has 6 aliphatic rings. The third kappa shape index (κ3) is 23.7. The highest BCUT2D eigenvalue weighted by atomic mass is 16.3. The van der Waals surface area contributed by atoms with E-state index in [-0.39, 0.29) is 54.6 Å². The molecule has 0 bridgehead atoms. The van der Waals surface area contributed by atoms with Gasteiger partial charge in [-0.25, -0.2) is 0 Å². The van der Waals surface area contributed by atoms with E-state index in [2.05, 4.69) is 26.6 Å². The predicted molar refractivity (Wildman–Crippen MR) is 223 cm³/mol. The van der Waals surface area contributed by atoms with Gasteiger partial charge in [0.05, 0.1) is 24.2 Å². The highest BCUT2D eigenvalue weighted by Crippen LogP contribution is 2.36. The Morgan fingerprint density at radius 1 is 0.677 bits per heavy atom. The lowest BCUT2D eigenvalue weighted by Crippen LogP contribution is -2.55. The summed E-state index contributed by atoms with van der Waals surface area (Å²) < 4.78 is 0. The lowest BCUT2D eigenvalue weighted by atomic mass is 9.74. The molecule has 0 aromatic carbocycles. The Hall–Kier alpha value is -5.66. The molecule has 0 aromatic rings. The zero-order chi connectivity index (χ0) is 50.6. The molecule has 10 N–H and O–H groups in total. The van der Waals surface area contributed by atoms with Crippen LogP contribution in [0.2, 0.25) is 0 Å². The molecule has 2 saturated heterocycles. The van der Waals surface area contributed by atoms with Crippen molar-refractivity contribution in [1.29, 1.82) is 0 Å². The van der Waals surface area contributed by atoms with Gasteiger partial charge < -0.3 is 52.1 Å². The van der Waals surface area contributed by atoms with Gasteiger partial charge in [0.15, 0.2) is 35.7 Å². The van der Waals surface area contributed by atoms with Gasteiger partial charge in [-0.15, -0.1) is 0 Å². The van der Waals surface area contributed by atoms with Crippen molar-refractivity contribution in [3.05, 3.63) is 0 Å². The molecular weight excluding hydrogens is 866 g/mol. The Bertz CT molecular complexity index is 1700. The number of piperidine rings is 1. The average Bonchev–Trinajstić information content (AvgIpc) is 4.17. The van der Waals surface area contributed by atoms with E-state index in [4.69, 9.17) is 25.5 Å². The number of nitrogens with one attached hydrogen (secondary N) is 5. The van der Waals surface area contributed by atoms with Gasteiger partial charge in [0.2, 0.25) is 36.6 Å². The van der Waals surface area contributed by atoms with Crippen LogP contribution in [0, 0.1) is 0 Å². The number of hydrogen-bond donors (Lipinski definition) is 10. The second-order valence-electron chi connectivity index (χ2n) is 15.5. The van der Waals surface area contributed by atoms with Crippen LogP contribution in [0.15, 0.2) is 0 Å². The molecule has 366 valence electrons. The van der Waals surface area contributed by atoms with E-state index in [1.54, 1.807) is 0 Å². The van der Waals surface area contributed by atoms with E-state index in [0.717, 1.165) is 45.1 Å². The number of rotatable bonds is 14. The van der Waals surface area contributed by atoms with Crippen LogP contribution in [0.3, 0.4) is 0 Å². The Labute approximate surface area is 374 Å². The van der Waals surface area contributed by atoms with Crippen molar-refractivity contribution in [1.82, 2.24) is 26.6 Å². The molecule has 2 heterocycles. The van der Waals surface area contributed by atoms with Gasteiger partial charge in [-0.05, 0) is 98.8 Å². The molecule has 6 rings (SSSR count). The van der Waals surface area contributed by atoms with Gasteiger partial charge in [-0.1, -0.05) is 0 Å². The highest BCUT2D eigenvalue weighted by Gasteiger charge is 2.48. The summed E-state index contributed by atoms with van der Waals surface area (Å²) in [5.41, 5.74) is -3.47. The van der Waals surface area contributed by atoms with E-state index in [0.29, 0.717) is 57.9 Å². The molecule has 65 heavy (non-hydrogen) atoms. The van der Waals surface area contributed by atoms with E-state index in [9.17, 15) is 67.1 Å². The molecule has 0 spiro atoms. The van der Waals surface area contributed by atoms with Gasteiger partial charge in [0, 0.05) is 19.5 Å². The normalized spacial score (nSPS) is 21.2. The topological polar surface area (TPSA) is 400 Å². The molecule has 24 heteroatoms. The number of Topliss-reactive ketones (excluding diaryl/α,β-unsaturated/α-hetero) is 8. The maximum atomic E-state index is 10.9. The van der Waals surface area contributed by atoms with Crippen molar-refractivity contribution >= 4 is 84.0 Å². The van der Waals surface area contributed by atoms with Gasteiger partial charge in [-0.3, -0.25) is 67.1 Å². The first-order valence-corrected chi connectivity index (χ1v) is 20.4.